The molecule has 198 valence electrons. The van der Waals surface area contributed by atoms with Gasteiger partial charge in [-0.1, -0.05) is 0 Å². The standard InChI is InChI=1S/C23H19BrF4N8O2/c1-22(25)5-14(21(38)34-16-7-30-6-15(24)33-16)36(9-22)17(37)8-35-13-3-2-11(23(26,27)28)4-12(13)18-19(29)31-10-32-20(18)35/h2-4,6-7,10,14H,5,8-9H2,1H3,(H2,29,31,32)(H,33,34,38)/t14-,22-/m1/s1. The SMILES string of the molecule is C[C@@]1(F)C[C@H](C(=O)Nc2cncc(Br)n2)N(C(=O)Cn2c3ccc(C(F)(F)F)cc3c3c(N)ncnc32)C1. The zero-order chi connectivity index (χ0) is 27.4. The molecule has 15 heteroatoms. The van der Waals surface area contributed by atoms with Gasteiger partial charge in [0.2, 0.25) is 11.8 Å². The third-order valence-electron chi connectivity index (χ3n) is 6.26. The van der Waals surface area contributed by atoms with Crippen molar-refractivity contribution in [3.63, 3.8) is 0 Å². The van der Waals surface area contributed by atoms with E-state index in [4.69, 9.17) is 5.73 Å². The second-order valence-electron chi connectivity index (χ2n) is 9.14. The number of aromatic nitrogens is 5. The van der Waals surface area contributed by atoms with E-state index in [0.717, 1.165) is 23.4 Å². The Kier molecular flexibility index (Phi) is 6.20. The third kappa shape index (κ3) is 4.73. The highest BCUT2D eigenvalue weighted by molar-refractivity contribution is 9.10. The number of nitrogens with zero attached hydrogens (tertiary/aromatic N) is 6. The fraction of sp³-hybridized carbons (Fsp3) is 0.304. The number of likely N-dealkylation sites (tertiary alicyclic amines) is 1. The second kappa shape index (κ2) is 9.15. The van der Waals surface area contributed by atoms with Gasteiger partial charge in [0, 0.05) is 11.8 Å². The molecular formula is C23H19BrF4N8O2. The van der Waals surface area contributed by atoms with Crippen molar-refractivity contribution in [2.24, 2.45) is 0 Å². The molecule has 2 amide bonds. The molecule has 1 fully saturated rings. The first-order valence-corrected chi connectivity index (χ1v) is 12.0. The molecule has 1 saturated heterocycles. The number of amides is 2. The van der Waals surface area contributed by atoms with E-state index < -0.39 is 41.8 Å². The molecule has 0 spiro atoms. The van der Waals surface area contributed by atoms with Gasteiger partial charge < -0.3 is 20.5 Å². The number of carbonyl (C=O) groups excluding carboxylic acids is 2. The first-order chi connectivity index (χ1) is 17.8. The summed E-state index contributed by atoms with van der Waals surface area (Å²) in [6.45, 7) is 0.492. The molecule has 3 N–H and O–H groups in total. The molecule has 0 bridgehead atoms. The van der Waals surface area contributed by atoms with Gasteiger partial charge in [0.1, 0.15) is 40.7 Å². The molecule has 0 saturated carbocycles. The van der Waals surface area contributed by atoms with E-state index in [2.05, 4.69) is 41.2 Å². The van der Waals surface area contributed by atoms with Gasteiger partial charge in [-0.3, -0.25) is 14.6 Å². The number of halogens is 5. The first kappa shape index (κ1) is 25.8. The molecule has 4 heterocycles. The van der Waals surface area contributed by atoms with E-state index in [0.29, 0.717) is 4.60 Å². The third-order valence-corrected chi connectivity index (χ3v) is 6.65. The van der Waals surface area contributed by atoms with Crippen LogP contribution < -0.4 is 11.1 Å². The molecule has 1 aromatic carbocycles. The van der Waals surface area contributed by atoms with Crippen LogP contribution in [-0.2, 0) is 22.3 Å². The Morgan fingerprint density at radius 3 is 2.74 bits per heavy atom. The van der Waals surface area contributed by atoms with Gasteiger partial charge in [-0.15, -0.1) is 0 Å². The zero-order valence-corrected chi connectivity index (χ0v) is 21.2. The number of hydrogen-bond donors (Lipinski definition) is 2. The van der Waals surface area contributed by atoms with Gasteiger partial charge in [-0.2, -0.15) is 13.2 Å². The minimum atomic E-state index is -4.61. The molecule has 10 nitrogen and oxygen atoms in total. The van der Waals surface area contributed by atoms with Crippen LogP contribution in [0.4, 0.5) is 29.2 Å². The summed E-state index contributed by atoms with van der Waals surface area (Å²) >= 11 is 3.15. The Labute approximate surface area is 220 Å². The topological polar surface area (TPSA) is 132 Å². The molecule has 4 aromatic rings. The summed E-state index contributed by atoms with van der Waals surface area (Å²) in [6.07, 6.45) is -1.02. The molecule has 1 aliphatic rings. The van der Waals surface area contributed by atoms with Crippen LogP contribution in [0, 0.1) is 0 Å². The number of nitrogens with one attached hydrogen (secondary N) is 1. The van der Waals surface area contributed by atoms with Crippen LogP contribution in [0.5, 0.6) is 0 Å². The quantitative estimate of drug-likeness (QED) is 0.344. The summed E-state index contributed by atoms with van der Waals surface area (Å²) in [5.74, 6) is -1.24. The molecule has 3 aromatic heterocycles. The number of benzene rings is 1. The van der Waals surface area contributed by atoms with Crippen molar-refractivity contribution in [3.05, 3.63) is 47.1 Å². The number of fused-ring (bicyclic) bond motifs is 3. The molecule has 2 atom stereocenters. The van der Waals surface area contributed by atoms with Gasteiger partial charge in [0.15, 0.2) is 5.82 Å². The Morgan fingerprint density at radius 1 is 1.26 bits per heavy atom. The summed E-state index contributed by atoms with van der Waals surface area (Å²) in [4.78, 5) is 43.6. The van der Waals surface area contributed by atoms with Crippen LogP contribution in [0.1, 0.15) is 18.9 Å². The lowest BCUT2D eigenvalue weighted by Crippen LogP contribution is -2.44. The Morgan fingerprint density at radius 2 is 2.03 bits per heavy atom. The molecule has 38 heavy (non-hydrogen) atoms. The Hall–Kier alpha value is -3.88. The van der Waals surface area contributed by atoms with E-state index in [-0.39, 0.29) is 46.5 Å². The normalized spacial score (nSPS) is 19.8. The zero-order valence-electron chi connectivity index (χ0n) is 19.6. The van der Waals surface area contributed by atoms with Crippen molar-refractivity contribution in [1.82, 2.24) is 29.4 Å². The molecule has 5 rings (SSSR count). The van der Waals surface area contributed by atoms with E-state index >= 15 is 4.39 Å². The highest BCUT2D eigenvalue weighted by Crippen LogP contribution is 2.37. The van der Waals surface area contributed by atoms with Gasteiger partial charge in [-0.25, -0.2) is 19.3 Å². The smallest absolute Gasteiger partial charge is 0.383 e. The summed E-state index contributed by atoms with van der Waals surface area (Å²) in [6, 6.07) is 1.85. The number of rotatable bonds is 4. The maximum Gasteiger partial charge on any atom is 0.416 e. The van der Waals surface area contributed by atoms with Gasteiger partial charge in [0.25, 0.3) is 0 Å². The van der Waals surface area contributed by atoms with E-state index in [1.54, 1.807) is 0 Å². The van der Waals surface area contributed by atoms with Crippen molar-refractivity contribution in [2.45, 2.75) is 37.8 Å². The Bertz CT molecular complexity index is 1590. The van der Waals surface area contributed by atoms with Crippen LogP contribution >= 0.6 is 15.9 Å². The number of nitrogens with two attached hydrogens (primary N) is 1. The number of alkyl halides is 4. The van der Waals surface area contributed by atoms with Crippen LogP contribution in [0.2, 0.25) is 0 Å². The molecule has 0 radical (unpaired) electrons. The minimum absolute atomic E-state index is 0.0598. The maximum atomic E-state index is 15.1. The predicted octanol–water partition coefficient (Wildman–Crippen LogP) is 3.71. The van der Waals surface area contributed by atoms with Crippen molar-refractivity contribution >= 4 is 61.3 Å². The van der Waals surface area contributed by atoms with Crippen molar-refractivity contribution in [1.29, 1.82) is 0 Å². The number of anilines is 2. The van der Waals surface area contributed by atoms with Gasteiger partial charge in [0.05, 0.1) is 35.4 Å². The van der Waals surface area contributed by atoms with Crippen molar-refractivity contribution in [3.8, 4) is 0 Å². The lowest BCUT2D eigenvalue weighted by Gasteiger charge is -2.24. The molecule has 1 aliphatic heterocycles. The summed E-state index contributed by atoms with van der Waals surface area (Å²) in [5.41, 5.74) is 3.60. The predicted molar refractivity (Wildman–Crippen MR) is 132 cm³/mol. The first-order valence-electron chi connectivity index (χ1n) is 11.2. The number of carbonyl (C=O) groups is 2. The maximum absolute atomic E-state index is 15.1. The van der Waals surface area contributed by atoms with E-state index in [1.807, 2.05) is 0 Å². The molecule has 0 aliphatic carbocycles. The largest absolute Gasteiger partial charge is 0.416 e. The lowest BCUT2D eigenvalue weighted by atomic mass is 10.0. The van der Waals surface area contributed by atoms with Crippen LogP contribution in [-0.4, -0.2) is 59.5 Å². The van der Waals surface area contributed by atoms with Crippen LogP contribution in [0.15, 0.2) is 41.5 Å². The second-order valence-corrected chi connectivity index (χ2v) is 9.96. The van der Waals surface area contributed by atoms with Crippen LogP contribution in [0.3, 0.4) is 0 Å². The van der Waals surface area contributed by atoms with Crippen molar-refractivity contribution < 1.29 is 27.2 Å². The highest BCUT2D eigenvalue weighted by Gasteiger charge is 2.46. The van der Waals surface area contributed by atoms with E-state index in [1.165, 1.54) is 30.0 Å². The Balaban J connectivity index is 1.50. The number of hydrogen-bond acceptors (Lipinski definition) is 7. The number of nitrogen functional groups attached to an aromatic ring is 1. The van der Waals surface area contributed by atoms with Crippen molar-refractivity contribution in [2.75, 3.05) is 17.6 Å². The van der Waals surface area contributed by atoms with Gasteiger partial charge >= 0.3 is 6.18 Å². The molecule has 0 unspecified atom stereocenters. The van der Waals surface area contributed by atoms with Gasteiger partial charge in [-0.05, 0) is 41.1 Å². The van der Waals surface area contributed by atoms with Crippen LogP contribution in [0.25, 0.3) is 21.9 Å². The average Bonchev–Trinajstić information content (AvgIpc) is 3.33. The average molecular weight is 595 g/mol. The summed E-state index contributed by atoms with van der Waals surface area (Å²) < 4.78 is 57.0. The monoisotopic (exact) mass is 594 g/mol. The fourth-order valence-corrected chi connectivity index (χ4v) is 4.96. The molecular weight excluding hydrogens is 576 g/mol. The minimum Gasteiger partial charge on any atom is -0.383 e. The lowest BCUT2D eigenvalue weighted by molar-refractivity contribution is -0.137. The summed E-state index contributed by atoms with van der Waals surface area (Å²) in [7, 11) is 0. The highest BCUT2D eigenvalue weighted by atomic mass is 79.9. The fourth-order valence-electron chi connectivity index (χ4n) is 4.65. The van der Waals surface area contributed by atoms with E-state index in [9.17, 15) is 22.8 Å². The summed E-state index contributed by atoms with van der Waals surface area (Å²) in [5, 5.41) is 2.80.